The van der Waals surface area contributed by atoms with Crippen LogP contribution in [-0.2, 0) is 6.54 Å². The largest absolute Gasteiger partial charge is 0.389 e. The normalized spacial score (nSPS) is 10.1. The van der Waals surface area contributed by atoms with Gasteiger partial charge in [0.2, 0.25) is 0 Å². The predicted octanol–water partition coefficient (Wildman–Crippen LogP) is 1.99. The Morgan fingerprint density at radius 2 is 1.90 bits per heavy atom. The summed E-state index contributed by atoms with van der Waals surface area (Å²) in [5.41, 5.74) is 7.88. The van der Waals surface area contributed by atoms with Crippen LogP contribution in [0.4, 0.5) is 0 Å². The van der Waals surface area contributed by atoms with E-state index >= 15 is 0 Å². The number of rotatable bonds is 4. The topological polar surface area (TPSA) is 59.2 Å². The monoisotopic (exact) mass is 285 g/mol. The molecule has 1 heterocycles. The van der Waals surface area contributed by atoms with Crippen molar-refractivity contribution in [1.82, 2.24) is 9.88 Å². The van der Waals surface area contributed by atoms with Gasteiger partial charge in [0.1, 0.15) is 4.99 Å². The Morgan fingerprint density at radius 3 is 2.45 bits per heavy atom. The second-order valence-electron chi connectivity index (χ2n) is 4.46. The first-order valence-corrected chi connectivity index (χ1v) is 6.53. The number of benzene rings is 1. The third-order valence-corrected chi connectivity index (χ3v) is 3.14. The number of hydrogen-bond donors (Lipinski definition) is 1. The summed E-state index contributed by atoms with van der Waals surface area (Å²) in [6.07, 6.45) is 3.46. The molecule has 0 aliphatic heterocycles. The van der Waals surface area contributed by atoms with Gasteiger partial charge in [-0.2, -0.15) is 0 Å². The standard InChI is InChI=1S/C15H15N3OS/c1-18(10-11-3-2-8-17-9-11)15(19)13-6-4-12(5-7-13)14(16)20/h2-9H,10H2,1H3,(H2,16,20). The van der Waals surface area contributed by atoms with Gasteiger partial charge in [0.15, 0.2) is 0 Å². The lowest BCUT2D eigenvalue weighted by atomic mass is 10.1. The summed E-state index contributed by atoms with van der Waals surface area (Å²) in [6.45, 7) is 0.518. The van der Waals surface area contributed by atoms with E-state index in [4.69, 9.17) is 18.0 Å². The van der Waals surface area contributed by atoms with Crippen LogP contribution in [0, 0.1) is 0 Å². The van der Waals surface area contributed by atoms with Crippen LogP contribution in [0.5, 0.6) is 0 Å². The van der Waals surface area contributed by atoms with E-state index in [0.29, 0.717) is 17.1 Å². The molecular weight excluding hydrogens is 270 g/mol. The summed E-state index contributed by atoms with van der Waals surface area (Å²) < 4.78 is 0. The quantitative estimate of drug-likeness (QED) is 0.873. The van der Waals surface area contributed by atoms with E-state index in [1.54, 1.807) is 48.6 Å². The number of thiocarbonyl (C=S) groups is 1. The molecule has 1 aromatic carbocycles. The number of amides is 1. The van der Waals surface area contributed by atoms with Gasteiger partial charge in [-0.3, -0.25) is 9.78 Å². The number of nitrogens with two attached hydrogens (primary N) is 1. The van der Waals surface area contributed by atoms with Crippen molar-refractivity contribution in [2.75, 3.05) is 7.05 Å². The SMILES string of the molecule is CN(Cc1cccnc1)C(=O)c1ccc(C(N)=S)cc1. The van der Waals surface area contributed by atoms with E-state index in [9.17, 15) is 4.79 Å². The van der Waals surface area contributed by atoms with Gasteiger partial charge in [0.25, 0.3) is 5.91 Å². The zero-order chi connectivity index (χ0) is 14.5. The average molecular weight is 285 g/mol. The number of carbonyl (C=O) groups is 1. The highest BCUT2D eigenvalue weighted by molar-refractivity contribution is 7.80. The van der Waals surface area contributed by atoms with E-state index in [1.807, 2.05) is 12.1 Å². The fourth-order valence-electron chi connectivity index (χ4n) is 1.83. The number of carbonyl (C=O) groups excluding carboxylic acids is 1. The Kier molecular flexibility index (Phi) is 4.42. The minimum atomic E-state index is -0.0525. The van der Waals surface area contributed by atoms with Crippen LogP contribution in [-0.4, -0.2) is 27.8 Å². The molecule has 0 aliphatic rings. The smallest absolute Gasteiger partial charge is 0.253 e. The first-order chi connectivity index (χ1) is 9.58. The van der Waals surface area contributed by atoms with Crippen molar-refractivity contribution in [3.63, 3.8) is 0 Å². The molecule has 0 saturated heterocycles. The van der Waals surface area contributed by atoms with Crippen LogP contribution in [0.2, 0.25) is 0 Å². The fourth-order valence-corrected chi connectivity index (χ4v) is 1.97. The van der Waals surface area contributed by atoms with E-state index in [2.05, 4.69) is 4.98 Å². The molecule has 0 fully saturated rings. The molecule has 0 unspecified atom stereocenters. The maximum absolute atomic E-state index is 12.3. The fraction of sp³-hybridized carbons (Fsp3) is 0.133. The van der Waals surface area contributed by atoms with Crippen LogP contribution in [0.15, 0.2) is 48.8 Å². The summed E-state index contributed by atoms with van der Waals surface area (Å²) >= 11 is 4.88. The van der Waals surface area contributed by atoms with Gasteiger partial charge in [-0.15, -0.1) is 0 Å². The lowest BCUT2D eigenvalue weighted by Gasteiger charge is -2.17. The third-order valence-electron chi connectivity index (χ3n) is 2.91. The first-order valence-electron chi connectivity index (χ1n) is 6.12. The van der Waals surface area contributed by atoms with Gasteiger partial charge >= 0.3 is 0 Å². The maximum Gasteiger partial charge on any atom is 0.253 e. The number of pyridine rings is 1. The van der Waals surface area contributed by atoms with Crippen molar-refractivity contribution >= 4 is 23.1 Å². The minimum absolute atomic E-state index is 0.0525. The van der Waals surface area contributed by atoms with Crippen molar-refractivity contribution in [1.29, 1.82) is 0 Å². The Balaban J connectivity index is 2.08. The molecule has 5 heteroatoms. The molecule has 20 heavy (non-hydrogen) atoms. The molecule has 0 aliphatic carbocycles. The van der Waals surface area contributed by atoms with Crippen LogP contribution in [0.3, 0.4) is 0 Å². The molecule has 0 spiro atoms. The van der Waals surface area contributed by atoms with E-state index in [-0.39, 0.29) is 5.91 Å². The van der Waals surface area contributed by atoms with Crippen molar-refractivity contribution in [2.24, 2.45) is 5.73 Å². The zero-order valence-corrected chi connectivity index (χ0v) is 11.9. The summed E-state index contributed by atoms with van der Waals surface area (Å²) in [4.78, 5) is 18.3. The highest BCUT2D eigenvalue weighted by Gasteiger charge is 2.12. The molecule has 2 N–H and O–H groups in total. The maximum atomic E-state index is 12.3. The number of aromatic nitrogens is 1. The summed E-state index contributed by atoms with van der Waals surface area (Å²) in [7, 11) is 1.76. The van der Waals surface area contributed by atoms with Gasteiger partial charge in [-0.1, -0.05) is 30.4 Å². The lowest BCUT2D eigenvalue weighted by molar-refractivity contribution is 0.0785. The van der Waals surface area contributed by atoms with Crippen molar-refractivity contribution in [3.05, 3.63) is 65.5 Å². The van der Waals surface area contributed by atoms with Gasteiger partial charge in [-0.25, -0.2) is 0 Å². The summed E-state index contributed by atoms with van der Waals surface area (Å²) in [6, 6.07) is 10.8. The van der Waals surface area contributed by atoms with Gasteiger partial charge in [0.05, 0.1) is 0 Å². The highest BCUT2D eigenvalue weighted by atomic mass is 32.1. The Morgan fingerprint density at radius 1 is 1.25 bits per heavy atom. The van der Waals surface area contributed by atoms with Crippen molar-refractivity contribution in [2.45, 2.75) is 6.54 Å². The predicted molar refractivity (Wildman–Crippen MR) is 82.4 cm³/mol. The van der Waals surface area contributed by atoms with E-state index < -0.39 is 0 Å². The zero-order valence-electron chi connectivity index (χ0n) is 11.1. The molecule has 102 valence electrons. The highest BCUT2D eigenvalue weighted by Crippen LogP contribution is 2.09. The van der Waals surface area contributed by atoms with Gasteiger partial charge in [-0.05, 0) is 23.8 Å². The Bertz CT molecular complexity index is 611. The Labute approximate surface area is 123 Å². The Hall–Kier alpha value is -2.27. The van der Waals surface area contributed by atoms with Crippen molar-refractivity contribution < 1.29 is 4.79 Å². The molecule has 4 nitrogen and oxygen atoms in total. The second kappa shape index (κ2) is 6.25. The molecule has 1 aromatic heterocycles. The number of nitrogens with zero attached hydrogens (tertiary/aromatic N) is 2. The van der Waals surface area contributed by atoms with Crippen LogP contribution >= 0.6 is 12.2 Å². The average Bonchev–Trinajstić information content (AvgIpc) is 2.47. The van der Waals surface area contributed by atoms with Crippen LogP contribution in [0.25, 0.3) is 0 Å². The van der Waals surface area contributed by atoms with Gasteiger partial charge < -0.3 is 10.6 Å². The molecule has 0 bridgehead atoms. The number of hydrogen-bond acceptors (Lipinski definition) is 3. The minimum Gasteiger partial charge on any atom is -0.389 e. The molecule has 0 saturated carbocycles. The van der Waals surface area contributed by atoms with Crippen LogP contribution < -0.4 is 5.73 Å². The molecular formula is C15H15N3OS. The van der Waals surface area contributed by atoms with E-state index in [1.165, 1.54) is 0 Å². The van der Waals surface area contributed by atoms with E-state index in [0.717, 1.165) is 11.1 Å². The first kappa shape index (κ1) is 14.1. The molecule has 0 atom stereocenters. The van der Waals surface area contributed by atoms with Crippen LogP contribution in [0.1, 0.15) is 21.5 Å². The summed E-state index contributed by atoms with van der Waals surface area (Å²) in [5, 5.41) is 0. The molecule has 1 amide bonds. The lowest BCUT2D eigenvalue weighted by Crippen LogP contribution is -2.26. The van der Waals surface area contributed by atoms with Crippen molar-refractivity contribution in [3.8, 4) is 0 Å². The molecule has 2 aromatic rings. The third kappa shape index (κ3) is 3.39. The molecule has 0 radical (unpaired) electrons. The molecule has 2 rings (SSSR count). The van der Waals surface area contributed by atoms with Gasteiger partial charge in [0, 0.05) is 37.1 Å². The summed E-state index contributed by atoms with van der Waals surface area (Å²) in [5.74, 6) is -0.0525. The second-order valence-corrected chi connectivity index (χ2v) is 4.90.